The Kier molecular flexibility index (Phi) is 4.34. The van der Waals surface area contributed by atoms with Gasteiger partial charge in [0.15, 0.2) is 5.69 Å². The maximum atomic E-state index is 13.0. The molecule has 2 aromatic rings. The van der Waals surface area contributed by atoms with E-state index in [9.17, 15) is 4.79 Å². The van der Waals surface area contributed by atoms with Crippen LogP contribution in [0, 0.1) is 0 Å². The number of aryl methyl sites for hydroxylation is 1. The van der Waals surface area contributed by atoms with E-state index in [0.717, 1.165) is 63.0 Å². The molecule has 2 aliphatic heterocycles. The van der Waals surface area contributed by atoms with Gasteiger partial charge < -0.3 is 10.2 Å². The summed E-state index contributed by atoms with van der Waals surface area (Å²) >= 11 is 0. The summed E-state index contributed by atoms with van der Waals surface area (Å²) in [6.07, 6.45) is 5.17. The number of nitrogens with zero attached hydrogens (tertiary/aromatic N) is 2. The number of carbonyl (C=O) groups is 1. The van der Waals surface area contributed by atoms with Crippen molar-refractivity contribution in [1.82, 2.24) is 20.4 Å². The second kappa shape index (κ2) is 6.77. The average molecular weight is 324 g/mol. The van der Waals surface area contributed by atoms with Crippen molar-refractivity contribution in [3.63, 3.8) is 0 Å². The van der Waals surface area contributed by atoms with Gasteiger partial charge in [-0.3, -0.25) is 9.89 Å². The number of hydrogen-bond donors (Lipinski definition) is 2. The van der Waals surface area contributed by atoms with Gasteiger partial charge in [-0.25, -0.2) is 0 Å². The molecule has 0 spiro atoms. The molecular weight excluding hydrogens is 300 g/mol. The van der Waals surface area contributed by atoms with Crippen LogP contribution in [0.4, 0.5) is 0 Å². The van der Waals surface area contributed by atoms with Crippen molar-refractivity contribution < 1.29 is 4.79 Å². The van der Waals surface area contributed by atoms with E-state index in [4.69, 9.17) is 0 Å². The lowest BCUT2D eigenvalue weighted by Gasteiger charge is -2.25. The lowest BCUT2D eigenvalue weighted by molar-refractivity contribution is 0.0723. The van der Waals surface area contributed by atoms with Crippen molar-refractivity contribution in [2.24, 2.45) is 0 Å². The number of hydrogen-bond acceptors (Lipinski definition) is 3. The summed E-state index contributed by atoms with van der Waals surface area (Å²) in [5, 5.41) is 10.7. The minimum absolute atomic E-state index is 0.103. The molecule has 5 nitrogen and oxygen atoms in total. The van der Waals surface area contributed by atoms with E-state index >= 15 is 0 Å². The normalized spacial score (nSPS) is 20.2. The van der Waals surface area contributed by atoms with Gasteiger partial charge in [-0.05, 0) is 31.2 Å². The first-order valence-corrected chi connectivity index (χ1v) is 8.94. The molecule has 1 unspecified atom stereocenters. The Balaban J connectivity index is 1.46. The van der Waals surface area contributed by atoms with Crippen LogP contribution in [-0.4, -0.2) is 40.1 Å². The van der Waals surface area contributed by atoms with E-state index in [-0.39, 0.29) is 5.91 Å². The van der Waals surface area contributed by atoms with Gasteiger partial charge in [-0.2, -0.15) is 5.10 Å². The molecule has 126 valence electrons. The first-order valence-electron chi connectivity index (χ1n) is 8.94. The van der Waals surface area contributed by atoms with E-state index in [1.165, 1.54) is 5.56 Å². The largest absolute Gasteiger partial charge is 0.334 e. The van der Waals surface area contributed by atoms with Crippen LogP contribution >= 0.6 is 0 Å². The molecule has 1 atom stereocenters. The average Bonchev–Trinajstić information content (AvgIpc) is 3.27. The molecule has 2 N–H and O–H groups in total. The minimum Gasteiger partial charge on any atom is -0.334 e. The Hall–Kier alpha value is -2.14. The molecule has 1 aromatic carbocycles. The summed E-state index contributed by atoms with van der Waals surface area (Å²) in [4.78, 5) is 15.1. The first kappa shape index (κ1) is 15.4. The summed E-state index contributed by atoms with van der Waals surface area (Å²) in [7, 11) is 0. The predicted octanol–water partition coefficient (Wildman–Crippen LogP) is 2.29. The highest BCUT2D eigenvalue weighted by Gasteiger charge is 2.32. The fourth-order valence-corrected chi connectivity index (χ4v) is 3.92. The third-order valence-electron chi connectivity index (χ3n) is 5.26. The van der Waals surface area contributed by atoms with Crippen molar-refractivity contribution in [3.8, 4) is 0 Å². The maximum absolute atomic E-state index is 13.0. The topological polar surface area (TPSA) is 61.0 Å². The summed E-state index contributed by atoms with van der Waals surface area (Å²) in [6.45, 7) is 2.55. The van der Waals surface area contributed by atoms with Gasteiger partial charge in [0.2, 0.25) is 0 Å². The smallest absolute Gasteiger partial charge is 0.274 e. The lowest BCUT2D eigenvalue weighted by Crippen LogP contribution is -2.37. The maximum Gasteiger partial charge on any atom is 0.274 e. The molecule has 1 amide bonds. The first-order chi connectivity index (χ1) is 11.8. The monoisotopic (exact) mass is 324 g/mol. The zero-order valence-electron chi connectivity index (χ0n) is 13.9. The van der Waals surface area contributed by atoms with Crippen molar-refractivity contribution in [3.05, 3.63) is 52.8 Å². The Morgan fingerprint density at radius 1 is 1.29 bits per heavy atom. The van der Waals surface area contributed by atoms with Crippen molar-refractivity contribution in [2.45, 2.75) is 44.7 Å². The summed E-state index contributed by atoms with van der Waals surface area (Å²) in [6, 6.07) is 10.9. The molecule has 24 heavy (non-hydrogen) atoms. The van der Waals surface area contributed by atoms with Crippen molar-refractivity contribution in [1.29, 1.82) is 0 Å². The lowest BCUT2D eigenvalue weighted by atomic mass is 10.0. The predicted molar refractivity (Wildman–Crippen MR) is 92.8 cm³/mol. The van der Waals surface area contributed by atoms with Crippen LogP contribution < -0.4 is 5.32 Å². The number of benzene rings is 1. The molecule has 1 saturated heterocycles. The van der Waals surface area contributed by atoms with Gasteiger partial charge in [0.05, 0.1) is 0 Å². The van der Waals surface area contributed by atoms with Crippen LogP contribution in [-0.2, 0) is 19.4 Å². The highest BCUT2D eigenvalue weighted by molar-refractivity contribution is 5.94. The molecule has 4 rings (SSSR count). The number of aromatic amines is 1. The Morgan fingerprint density at radius 2 is 2.17 bits per heavy atom. The Labute approximate surface area is 142 Å². The number of likely N-dealkylation sites (tertiary alicyclic amines) is 1. The van der Waals surface area contributed by atoms with Crippen LogP contribution in [0.15, 0.2) is 30.3 Å². The number of nitrogens with one attached hydrogen (secondary N) is 2. The van der Waals surface area contributed by atoms with Crippen molar-refractivity contribution >= 4 is 5.91 Å². The summed E-state index contributed by atoms with van der Waals surface area (Å²) < 4.78 is 0. The number of fused-ring (bicyclic) bond motifs is 1. The molecule has 1 aromatic heterocycles. The van der Waals surface area contributed by atoms with Gasteiger partial charge in [-0.15, -0.1) is 0 Å². The van der Waals surface area contributed by atoms with Crippen LogP contribution in [0.1, 0.15) is 46.6 Å². The molecular formula is C19H24N4O. The Bertz CT molecular complexity index is 709. The van der Waals surface area contributed by atoms with Gasteiger partial charge in [-0.1, -0.05) is 30.3 Å². The fourth-order valence-electron chi connectivity index (χ4n) is 3.92. The van der Waals surface area contributed by atoms with E-state index in [1.54, 1.807) is 0 Å². The molecule has 3 heterocycles. The zero-order chi connectivity index (χ0) is 16.4. The molecule has 0 radical (unpaired) electrons. The van der Waals surface area contributed by atoms with E-state index in [0.29, 0.717) is 11.7 Å². The van der Waals surface area contributed by atoms with Crippen LogP contribution in [0.25, 0.3) is 0 Å². The minimum atomic E-state index is 0.103. The number of carbonyl (C=O) groups excluding carboxylic acids is 1. The standard InChI is InChI=1S/C19H24N4O/c24-19(18-16-13-20-11-10-17(16)21-22-18)23-12-4-7-15(23)9-8-14-5-2-1-3-6-14/h1-3,5-6,15,20H,4,7-13H2,(H,21,22). The van der Waals surface area contributed by atoms with Gasteiger partial charge in [0.25, 0.3) is 5.91 Å². The number of amides is 1. The Morgan fingerprint density at radius 3 is 3.04 bits per heavy atom. The summed E-state index contributed by atoms with van der Waals surface area (Å²) in [5.74, 6) is 0.103. The van der Waals surface area contributed by atoms with Crippen molar-refractivity contribution in [2.75, 3.05) is 13.1 Å². The SMILES string of the molecule is O=C(c1n[nH]c2c1CNCC2)N1CCCC1CCc1ccccc1. The highest BCUT2D eigenvalue weighted by atomic mass is 16.2. The molecule has 1 fully saturated rings. The molecule has 2 aliphatic rings. The molecule has 5 heteroatoms. The van der Waals surface area contributed by atoms with Gasteiger partial charge in [0, 0.05) is 43.4 Å². The van der Waals surface area contributed by atoms with Gasteiger partial charge >= 0.3 is 0 Å². The molecule has 0 aliphatic carbocycles. The van der Waals surface area contributed by atoms with Gasteiger partial charge in [0.1, 0.15) is 0 Å². The van der Waals surface area contributed by atoms with E-state index in [1.807, 2.05) is 11.0 Å². The van der Waals surface area contributed by atoms with E-state index < -0.39 is 0 Å². The van der Waals surface area contributed by atoms with E-state index in [2.05, 4.69) is 39.8 Å². The van der Waals surface area contributed by atoms with Crippen LogP contribution in [0.2, 0.25) is 0 Å². The molecule has 0 saturated carbocycles. The quantitative estimate of drug-likeness (QED) is 0.907. The second-order valence-electron chi connectivity index (χ2n) is 6.77. The number of aromatic nitrogens is 2. The zero-order valence-corrected chi connectivity index (χ0v) is 13.9. The fraction of sp³-hybridized carbons (Fsp3) is 0.474. The summed E-state index contributed by atoms with van der Waals surface area (Å²) in [5.41, 5.74) is 4.17. The second-order valence-corrected chi connectivity index (χ2v) is 6.77. The number of rotatable bonds is 4. The third-order valence-corrected chi connectivity index (χ3v) is 5.26. The molecule has 0 bridgehead atoms. The van der Waals surface area contributed by atoms with Crippen LogP contribution in [0.3, 0.4) is 0 Å². The highest BCUT2D eigenvalue weighted by Crippen LogP contribution is 2.25. The third kappa shape index (κ3) is 2.96. The van der Waals surface area contributed by atoms with Crippen LogP contribution in [0.5, 0.6) is 0 Å². The number of H-pyrrole nitrogens is 1.